The fourth-order valence-electron chi connectivity index (χ4n) is 4.63. The van der Waals surface area contributed by atoms with Crippen LogP contribution in [0.5, 0.6) is 11.5 Å². The SMILES string of the molecule is CCOC(=O)[C@@H]1C(=O)C[C@@](C)(O)[C@@H](C(=O)OCC)[C@@H]1c1ccc(OCc2ccccc2)c(OC)c1. The Morgan fingerprint density at radius 3 is 2.29 bits per heavy atom. The first kappa shape index (κ1) is 26.2. The summed E-state index contributed by atoms with van der Waals surface area (Å²) in [6, 6.07) is 14.6. The molecule has 2 aromatic carbocycles. The molecule has 4 atom stereocenters. The molecule has 0 spiro atoms. The van der Waals surface area contributed by atoms with Gasteiger partial charge in [0.05, 0.1) is 31.8 Å². The molecule has 0 aliphatic heterocycles. The lowest BCUT2D eigenvalue weighted by atomic mass is 9.61. The zero-order valence-corrected chi connectivity index (χ0v) is 20.5. The zero-order valence-electron chi connectivity index (χ0n) is 20.5. The molecule has 0 bridgehead atoms. The second-order valence-electron chi connectivity index (χ2n) is 8.67. The van der Waals surface area contributed by atoms with Crippen molar-refractivity contribution in [2.75, 3.05) is 20.3 Å². The summed E-state index contributed by atoms with van der Waals surface area (Å²) < 4.78 is 21.9. The number of hydrogen-bond acceptors (Lipinski definition) is 8. The van der Waals surface area contributed by atoms with Gasteiger partial charge in [-0.15, -0.1) is 0 Å². The van der Waals surface area contributed by atoms with E-state index in [1.54, 1.807) is 32.0 Å². The Kier molecular flexibility index (Phi) is 8.51. The second kappa shape index (κ2) is 11.4. The van der Waals surface area contributed by atoms with Crippen molar-refractivity contribution in [1.29, 1.82) is 0 Å². The van der Waals surface area contributed by atoms with Gasteiger partial charge in [0.1, 0.15) is 12.5 Å². The minimum atomic E-state index is -1.72. The molecule has 8 heteroatoms. The van der Waals surface area contributed by atoms with Gasteiger partial charge >= 0.3 is 11.9 Å². The Morgan fingerprint density at radius 1 is 1.00 bits per heavy atom. The van der Waals surface area contributed by atoms with E-state index in [0.29, 0.717) is 23.7 Å². The van der Waals surface area contributed by atoms with Gasteiger partial charge in [0.2, 0.25) is 0 Å². The number of hydrogen-bond donors (Lipinski definition) is 1. The van der Waals surface area contributed by atoms with Crippen molar-refractivity contribution in [2.24, 2.45) is 11.8 Å². The molecule has 1 saturated carbocycles. The number of benzene rings is 2. The molecule has 188 valence electrons. The number of rotatable bonds is 9. The molecule has 0 saturated heterocycles. The van der Waals surface area contributed by atoms with E-state index in [2.05, 4.69) is 0 Å². The highest BCUT2D eigenvalue weighted by molar-refractivity contribution is 6.02. The lowest BCUT2D eigenvalue weighted by Gasteiger charge is -2.43. The Bertz CT molecular complexity index is 1050. The van der Waals surface area contributed by atoms with Gasteiger partial charge in [-0.2, -0.15) is 0 Å². The number of aliphatic hydroxyl groups is 1. The Morgan fingerprint density at radius 2 is 1.66 bits per heavy atom. The van der Waals surface area contributed by atoms with Crippen LogP contribution >= 0.6 is 0 Å². The van der Waals surface area contributed by atoms with Gasteiger partial charge in [-0.1, -0.05) is 36.4 Å². The molecule has 0 heterocycles. The Balaban J connectivity index is 2.04. The van der Waals surface area contributed by atoms with Crippen LogP contribution in [0.15, 0.2) is 48.5 Å². The molecule has 0 amide bonds. The maximum Gasteiger partial charge on any atom is 0.317 e. The molecule has 1 aliphatic rings. The van der Waals surface area contributed by atoms with Gasteiger partial charge in [0, 0.05) is 12.3 Å². The summed E-state index contributed by atoms with van der Waals surface area (Å²) in [5.74, 6) is -4.57. The first-order valence-corrected chi connectivity index (χ1v) is 11.7. The van der Waals surface area contributed by atoms with Crippen LogP contribution in [0.3, 0.4) is 0 Å². The molecule has 1 N–H and O–H groups in total. The number of esters is 2. The lowest BCUT2D eigenvalue weighted by molar-refractivity contribution is -0.172. The van der Waals surface area contributed by atoms with E-state index in [9.17, 15) is 19.5 Å². The molecule has 35 heavy (non-hydrogen) atoms. The molecular formula is C27H32O8. The molecule has 0 radical (unpaired) electrons. The summed E-state index contributed by atoms with van der Waals surface area (Å²) in [6.07, 6.45) is -0.369. The van der Waals surface area contributed by atoms with Gasteiger partial charge in [0.15, 0.2) is 17.3 Å². The molecule has 2 aromatic rings. The quantitative estimate of drug-likeness (QED) is 0.426. The highest BCUT2D eigenvalue weighted by Gasteiger charge is 2.57. The minimum absolute atomic E-state index is 0.0748. The van der Waals surface area contributed by atoms with Crippen LogP contribution in [0.1, 0.15) is 44.2 Å². The van der Waals surface area contributed by atoms with Crippen molar-refractivity contribution in [3.8, 4) is 11.5 Å². The number of carbonyl (C=O) groups is 3. The fraction of sp³-hybridized carbons (Fsp3) is 0.444. The van der Waals surface area contributed by atoms with Crippen molar-refractivity contribution in [3.63, 3.8) is 0 Å². The maximum atomic E-state index is 13.0. The summed E-state index contributed by atoms with van der Waals surface area (Å²) in [4.78, 5) is 38.9. The largest absolute Gasteiger partial charge is 0.493 e. The summed E-state index contributed by atoms with van der Waals surface area (Å²) in [5.41, 5.74) is -0.289. The zero-order chi connectivity index (χ0) is 25.6. The van der Waals surface area contributed by atoms with Gasteiger partial charge in [-0.05, 0) is 44.0 Å². The van der Waals surface area contributed by atoms with Crippen molar-refractivity contribution in [3.05, 3.63) is 59.7 Å². The van der Waals surface area contributed by atoms with Gasteiger partial charge in [-0.3, -0.25) is 14.4 Å². The van der Waals surface area contributed by atoms with E-state index in [0.717, 1.165) is 5.56 Å². The van der Waals surface area contributed by atoms with Crippen LogP contribution < -0.4 is 9.47 Å². The van der Waals surface area contributed by atoms with E-state index >= 15 is 0 Å². The standard InChI is InChI=1S/C27H32O8/c1-5-33-25(29)23-19(28)15-27(3,31)24(26(30)34-6-2)22(23)18-12-13-20(21(14-18)32-4)35-16-17-10-8-7-9-11-17/h7-14,22-24,31H,5-6,15-16H2,1-4H3/t22-,23-,24-,27-/m1/s1. The third-order valence-electron chi connectivity index (χ3n) is 6.16. The molecule has 1 fully saturated rings. The molecular weight excluding hydrogens is 452 g/mol. The molecule has 8 nitrogen and oxygen atoms in total. The van der Waals surface area contributed by atoms with Crippen LogP contribution in [0, 0.1) is 11.8 Å². The summed E-state index contributed by atoms with van der Waals surface area (Å²) in [5, 5.41) is 11.1. The number of ether oxygens (including phenoxy) is 4. The monoisotopic (exact) mass is 484 g/mol. The molecule has 0 aromatic heterocycles. The predicted octanol–water partition coefficient (Wildman–Crippen LogP) is 3.44. The Hall–Kier alpha value is -3.39. The van der Waals surface area contributed by atoms with E-state index < -0.39 is 41.1 Å². The smallest absolute Gasteiger partial charge is 0.317 e. The summed E-state index contributed by atoms with van der Waals surface area (Å²) in [7, 11) is 1.47. The van der Waals surface area contributed by atoms with E-state index in [1.807, 2.05) is 30.3 Å². The van der Waals surface area contributed by atoms with E-state index in [4.69, 9.17) is 18.9 Å². The van der Waals surface area contributed by atoms with Gasteiger partial charge in [0.25, 0.3) is 0 Å². The number of ketones is 1. The van der Waals surface area contributed by atoms with Crippen molar-refractivity contribution in [1.82, 2.24) is 0 Å². The third kappa shape index (κ3) is 5.82. The number of Topliss-reactive ketones (excluding diaryl/α,β-unsaturated/α-hetero) is 1. The second-order valence-corrected chi connectivity index (χ2v) is 8.67. The average Bonchev–Trinajstić information content (AvgIpc) is 2.82. The van der Waals surface area contributed by atoms with Gasteiger partial charge < -0.3 is 24.1 Å². The van der Waals surface area contributed by atoms with Crippen molar-refractivity contribution < 1.29 is 38.4 Å². The lowest BCUT2D eigenvalue weighted by Crippen LogP contribution is -2.55. The highest BCUT2D eigenvalue weighted by Crippen LogP contribution is 2.48. The normalized spacial score (nSPS) is 23.9. The van der Waals surface area contributed by atoms with Crippen LogP contribution in [0.2, 0.25) is 0 Å². The predicted molar refractivity (Wildman–Crippen MR) is 127 cm³/mol. The van der Waals surface area contributed by atoms with Crippen molar-refractivity contribution in [2.45, 2.75) is 45.3 Å². The topological polar surface area (TPSA) is 108 Å². The van der Waals surface area contributed by atoms with Crippen LogP contribution in [0.4, 0.5) is 0 Å². The van der Waals surface area contributed by atoms with Gasteiger partial charge in [-0.25, -0.2) is 0 Å². The highest BCUT2D eigenvalue weighted by atomic mass is 16.5. The minimum Gasteiger partial charge on any atom is -0.493 e. The fourth-order valence-corrected chi connectivity index (χ4v) is 4.63. The maximum absolute atomic E-state index is 13.0. The van der Waals surface area contributed by atoms with Crippen LogP contribution in [0.25, 0.3) is 0 Å². The van der Waals surface area contributed by atoms with E-state index in [1.165, 1.54) is 14.0 Å². The summed E-state index contributed by atoms with van der Waals surface area (Å²) in [6.45, 7) is 5.18. The van der Waals surface area contributed by atoms with Crippen LogP contribution in [-0.2, 0) is 30.5 Å². The molecule has 0 unspecified atom stereocenters. The van der Waals surface area contributed by atoms with E-state index in [-0.39, 0.29) is 19.6 Å². The molecule has 3 rings (SSSR count). The average molecular weight is 485 g/mol. The number of methoxy groups -OCH3 is 1. The third-order valence-corrected chi connectivity index (χ3v) is 6.16. The van der Waals surface area contributed by atoms with Crippen LogP contribution in [-0.4, -0.2) is 48.8 Å². The summed E-state index contributed by atoms with van der Waals surface area (Å²) >= 11 is 0. The first-order chi connectivity index (χ1) is 16.7. The molecule has 1 aliphatic carbocycles. The van der Waals surface area contributed by atoms with Crippen molar-refractivity contribution >= 4 is 17.7 Å². The number of carbonyl (C=O) groups excluding carboxylic acids is 3. The Labute approximate surface area is 205 Å². The first-order valence-electron chi connectivity index (χ1n) is 11.7.